The summed E-state index contributed by atoms with van der Waals surface area (Å²) in [4.78, 5) is 25.0. The zero-order valence-corrected chi connectivity index (χ0v) is 20.9. The molecule has 11 heteroatoms. The Balaban J connectivity index is 1.95. The Morgan fingerprint density at radius 3 is 2.32 bits per heavy atom. The molecule has 0 saturated carbocycles. The van der Waals surface area contributed by atoms with Crippen molar-refractivity contribution < 1.29 is 22.7 Å². The number of hydrogen-bond acceptors (Lipinski definition) is 5. The van der Waals surface area contributed by atoms with Crippen molar-refractivity contribution in [1.29, 1.82) is 0 Å². The highest BCUT2D eigenvalue weighted by molar-refractivity contribution is 7.92. The van der Waals surface area contributed by atoms with Crippen molar-refractivity contribution in [2.24, 2.45) is 0 Å². The van der Waals surface area contributed by atoms with E-state index in [9.17, 15) is 18.0 Å². The van der Waals surface area contributed by atoms with Crippen LogP contribution in [0.4, 0.5) is 11.4 Å². The van der Waals surface area contributed by atoms with Crippen LogP contribution in [0.25, 0.3) is 0 Å². The van der Waals surface area contributed by atoms with Crippen LogP contribution in [0.15, 0.2) is 71.6 Å². The van der Waals surface area contributed by atoms with Gasteiger partial charge in [0.25, 0.3) is 10.0 Å². The van der Waals surface area contributed by atoms with E-state index < -0.39 is 28.4 Å². The van der Waals surface area contributed by atoms with Gasteiger partial charge in [0.2, 0.25) is 5.91 Å². The normalized spacial score (nSPS) is 11.1. The van der Waals surface area contributed by atoms with Crippen LogP contribution >= 0.6 is 34.8 Å². The van der Waals surface area contributed by atoms with Gasteiger partial charge >= 0.3 is 5.97 Å². The maximum absolute atomic E-state index is 13.4. The lowest BCUT2D eigenvalue weighted by Crippen LogP contribution is -2.38. The van der Waals surface area contributed by atoms with Gasteiger partial charge in [0.1, 0.15) is 6.54 Å². The minimum Gasteiger partial charge on any atom is -0.462 e. The molecule has 0 unspecified atom stereocenters. The molecule has 0 heterocycles. The molecule has 3 rings (SSSR count). The molecule has 0 aromatic heterocycles. The van der Waals surface area contributed by atoms with Crippen molar-refractivity contribution in [2.45, 2.75) is 11.8 Å². The topological polar surface area (TPSA) is 92.8 Å². The number of ether oxygens (including phenoxy) is 1. The average molecular weight is 542 g/mol. The van der Waals surface area contributed by atoms with Crippen LogP contribution in [0.3, 0.4) is 0 Å². The fourth-order valence-corrected chi connectivity index (χ4v) is 5.10. The van der Waals surface area contributed by atoms with Crippen molar-refractivity contribution in [1.82, 2.24) is 0 Å². The van der Waals surface area contributed by atoms with E-state index in [1.807, 2.05) is 0 Å². The van der Waals surface area contributed by atoms with Crippen LogP contribution in [-0.4, -0.2) is 33.4 Å². The summed E-state index contributed by atoms with van der Waals surface area (Å²) in [5, 5.41) is 2.83. The zero-order valence-electron chi connectivity index (χ0n) is 17.8. The van der Waals surface area contributed by atoms with E-state index in [1.54, 1.807) is 25.1 Å². The van der Waals surface area contributed by atoms with E-state index in [4.69, 9.17) is 39.5 Å². The fraction of sp³-hybridized carbons (Fsp3) is 0.130. The van der Waals surface area contributed by atoms with Crippen molar-refractivity contribution in [3.05, 3.63) is 87.4 Å². The van der Waals surface area contributed by atoms with Gasteiger partial charge in [-0.2, -0.15) is 0 Å². The van der Waals surface area contributed by atoms with Gasteiger partial charge in [-0.15, -0.1) is 0 Å². The summed E-state index contributed by atoms with van der Waals surface area (Å²) in [5.74, 6) is -1.34. The second-order valence-electron chi connectivity index (χ2n) is 6.86. The third kappa shape index (κ3) is 5.82. The second-order valence-corrected chi connectivity index (χ2v) is 9.92. The number of carbonyl (C=O) groups excluding carboxylic acids is 2. The molecule has 178 valence electrons. The lowest BCUT2D eigenvalue weighted by atomic mass is 10.2. The summed E-state index contributed by atoms with van der Waals surface area (Å²) in [7, 11) is -4.18. The van der Waals surface area contributed by atoms with Gasteiger partial charge in [0.15, 0.2) is 0 Å². The molecule has 1 N–H and O–H groups in total. The second kappa shape index (κ2) is 11.1. The number of sulfonamides is 1. The first-order chi connectivity index (χ1) is 16.1. The van der Waals surface area contributed by atoms with E-state index in [1.165, 1.54) is 48.5 Å². The molecule has 34 heavy (non-hydrogen) atoms. The summed E-state index contributed by atoms with van der Waals surface area (Å²) < 4.78 is 32.6. The molecule has 0 aliphatic heterocycles. The SMILES string of the molecule is CCOC(=O)c1cc(NC(=O)CN(c2cccc(Cl)c2Cl)S(=O)(=O)c2ccccc2)ccc1Cl. The molecule has 0 aliphatic rings. The Morgan fingerprint density at radius 2 is 1.65 bits per heavy atom. The van der Waals surface area contributed by atoms with Crippen LogP contribution in [0.5, 0.6) is 0 Å². The Kier molecular flexibility index (Phi) is 8.43. The first kappa shape index (κ1) is 25.8. The van der Waals surface area contributed by atoms with Crippen molar-refractivity contribution >= 4 is 68.1 Å². The molecule has 0 saturated heterocycles. The number of amides is 1. The molecule has 7 nitrogen and oxygen atoms in total. The van der Waals surface area contributed by atoms with E-state index in [2.05, 4.69) is 5.32 Å². The van der Waals surface area contributed by atoms with Gasteiger partial charge in [-0.25, -0.2) is 13.2 Å². The highest BCUT2D eigenvalue weighted by Crippen LogP contribution is 2.35. The maximum Gasteiger partial charge on any atom is 0.339 e. The third-order valence-corrected chi connectivity index (χ3v) is 7.48. The minimum absolute atomic E-state index is 0.0208. The number of hydrogen-bond donors (Lipinski definition) is 1. The van der Waals surface area contributed by atoms with Gasteiger partial charge in [0.05, 0.1) is 37.8 Å². The van der Waals surface area contributed by atoms with E-state index >= 15 is 0 Å². The number of rotatable bonds is 8. The van der Waals surface area contributed by atoms with Crippen LogP contribution < -0.4 is 9.62 Å². The number of halogens is 3. The summed E-state index contributed by atoms with van der Waals surface area (Å²) >= 11 is 18.4. The molecular weight excluding hydrogens is 523 g/mol. The predicted molar refractivity (Wildman–Crippen MR) is 133 cm³/mol. The minimum atomic E-state index is -4.18. The molecule has 1 amide bonds. The zero-order chi connectivity index (χ0) is 24.9. The molecule has 0 spiro atoms. The number of carbonyl (C=O) groups is 2. The van der Waals surface area contributed by atoms with Crippen molar-refractivity contribution in [3.63, 3.8) is 0 Å². The molecular formula is C23H19Cl3N2O5S. The summed E-state index contributed by atoms with van der Waals surface area (Å²) in [5.41, 5.74) is 0.330. The van der Waals surface area contributed by atoms with Crippen LogP contribution in [0.2, 0.25) is 15.1 Å². The first-order valence-electron chi connectivity index (χ1n) is 9.93. The van der Waals surface area contributed by atoms with Crippen molar-refractivity contribution in [2.75, 3.05) is 22.8 Å². The standard InChI is InChI=1S/C23H19Cl3N2O5S/c1-2-33-23(30)17-13-15(11-12-18(17)24)27-21(29)14-28(20-10-6-9-19(25)22(20)26)34(31,32)16-7-4-3-5-8-16/h3-13H,2,14H2,1H3,(H,27,29). The Hall–Kier alpha value is -2.78. The molecule has 3 aromatic rings. The number of nitrogens with one attached hydrogen (secondary N) is 1. The van der Waals surface area contributed by atoms with E-state index in [-0.39, 0.29) is 43.5 Å². The Labute approximate surface area is 212 Å². The van der Waals surface area contributed by atoms with Crippen LogP contribution in [0.1, 0.15) is 17.3 Å². The lowest BCUT2D eigenvalue weighted by molar-refractivity contribution is -0.114. The molecule has 0 atom stereocenters. The highest BCUT2D eigenvalue weighted by atomic mass is 35.5. The summed E-state index contributed by atoms with van der Waals surface area (Å²) in [6.45, 7) is 1.19. The number of benzene rings is 3. The molecule has 0 radical (unpaired) electrons. The summed E-state index contributed by atoms with van der Waals surface area (Å²) in [6.07, 6.45) is 0. The first-order valence-corrected chi connectivity index (χ1v) is 12.5. The largest absolute Gasteiger partial charge is 0.462 e. The van der Waals surface area contributed by atoms with Gasteiger partial charge in [-0.3, -0.25) is 9.10 Å². The lowest BCUT2D eigenvalue weighted by Gasteiger charge is -2.25. The monoisotopic (exact) mass is 540 g/mol. The third-order valence-electron chi connectivity index (χ3n) is 4.56. The van der Waals surface area contributed by atoms with Crippen LogP contribution in [-0.2, 0) is 19.6 Å². The van der Waals surface area contributed by atoms with Gasteiger partial charge in [-0.05, 0) is 49.4 Å². The average Bonchev–Trinajstić information content (AvgIpc) is 2.81. The van der Waals surface area contributed by atoms with Crippen molar-refractivity contribution in [3.8, 4) is 0 Å². The molecule has 0 bridgehead atoms. The smallest absolute Gasteiger partial charge is 0.339 e. The maximum atomic E-state index is 13.4. The number of anilines is 2. The molecule has 0 fully saturated rings. The Morgan fingerprint density at radius 1 is 0.941 bits per heavy atom. The highest BCUT2D eigenvalue weighted by Gasteiger charge is 2.29. The van der Waals surface area contributed by atoms with Gasteiger partial charge in [-0.1, -0.05) is 59.1 Å². The Bertz CT molecular complexity index is 1320. The fourth-order valence-electron chi connectivity index (χ4n) is 3.00. The van der Waals surface area contributed by atoms with E-state index in [0.29, 0.717) is 0 Å². The molecule has 0 aliphatic carbocycles. The van der Waals surface area contributed by atoms with Crippen LogP contribution in [0, 0.1) is 0 Å². The van der Waals surface area contributed by atoms with E-state index in [0.717, 1.165) is 4.31 Å². The summed E-state index contributed by atoms with van der Waals surface area (Å²) in [6, 6.07) is 16.3. The number of esters is 1. The van der Waals surface area contributed by atoms with Gasteiger partial charge in [0, 0.05) is 5.69 Å². The molecule has 3 aromatic carbocycles. The predicted octanol–water partition coefficient (Wildman–Crippen LogP) is 5.66. The van der Waals surface area contributed by atoms with Gasteiger partial charge < -0.3 is 10.1 Å². The number of nitrogens with zero attached hydrogens (tertiary/aromatic N) is 1. The quantitative estimate of drug-likeness (QED) is 0.372.